The molecule has 0 spiro atoms. The average molecular weight is 264 g/mol. The van der Waals surface area contributed by atoms with Crippen molar-refractivity contribution in [1.29, 1.82) is 0 Å². The van der Waals surface area contributed by atoms with Crippen molar-refractivity contribution < 1.29 is 8.42 Å². The minimum atomic E-state index is -3.33. The summed E-state index contributed by atoms with van der Waals surface area (Å²) in [4.78, 5) is 7.53. The quantitative estimate of drug-likeness (QED) is 0.801. The summed E-state index contributed by atoms with van der Waals surface area (Å²) in [5.74, 6) is 0.0943. The van der Waals surface area contributed by atoms with E-state index in [0.29, 0.717) is 0 Å². The fourth-order valence-electron chi connectivity index (χ4n) is 1.68. The van der Waals surface area contributed by atoms with Crippen molar-refractivity contribution in [1.82, 2.24) is 15.3 Å². The Kier molecular flexibility index (Phi) is 4.64. The summed E-state index contributed by atoms with van der Waals surface area (Å²) in [6.45, 7) is 0.899. The molecule has 1 aliphatic heterocycles. The van der Waals surface area contributed by atoms with Gasteiger partial charge in [-0.2, -0.15) is 0 Å². The molecule has 2 rings (SSSR count). The SMILES string of the molecule is Cl.O=S(=O)(CC1CCCN1)c1ncccn1. The second kappa shape index (κ2) is 5.56. The maximum absolute atomic E-state index is 11.8. The first-order chi connectivity index (χ1) is 7.18. The van der Waals surface area contributed by atoms with Crippen molar-refractivity contribution in [3.63, 3.8) is 0 Å². The summed E-state index contributed by atoms with van der Waals surface area (Å²) in [6, 6.07) is 1.66. The van der Waals surface area contributed by atoms with E-state index >= 15 is 0 Å². The summed E-state index contributed by atoms with van der Waals surface area (Å²) >= 11 is 0. The lowest BCUT2D eigenvalue weighted by atomic mass is 10.3. The van der Waals surface area contributed by atoms with Crippen LogP contribution in [-0.4, -0.2) is 36.7 Å². The molecule has 5 nitrogen and oxygen atoms in total. The first-order valence-electron chi connectivity index (χ1n) is 4.92. The Balaban J connectivity index is 0.00000128. The fraction of sp³-hybridized carbons (Fsp3) is 0.556. The van der Waals surface area contributed by atoms with Gasteiger partial charge in [-0.05, 0) is 25.5 Å². The number of rotatable bonds is 3. The molecule has 0 amide bonds. The van der Waals surface area contributed by atoms with Gasteiger partial charge in [0, 0.05) is 18.4 Å². The van der Waals surface area contributed by atoms with Crippen LogP contribution in [0.4, 0.5) is 0 Å². The molecule has 0 radical (unpaired) electrons. The third-order valence-corrected chi connectivity index (χ3v) is 4.01. The van der Waals surface area contributed by atoms with Gasteiger partial charge in [0.15, 0.2) is 0 Å². The van der Waals surface area contributed by atoms with E-state index in [-0.39, 0.29) is 29.4 Å². The number of sulfone groups is 1. The van der Waals surface area contributed by atoms with Gasteiger partial charge in [0.2, 0.25) is 15.0 Å². The van der Waals surface area contributed by atoms with Crippen LogP contribution in [-0.2, 0) is 9.84 Å². The third kappa shape index (κ3) is 3.13. The van der Waals surface area contributed by atoms with Crippen molar-refractivity contribution in [2.24, 2.45) is 0 Å². The summed E-state index contributed by atoms with van der Waals surface area (Å²) in [5.41, 5.74) is 0. The topological polar surface area (TPSA) is 72.0 Å². The number of halogens is 1. The molecule has 1 saturated heterocycles. The van der Waals surface area contributed by atoms with Crippen molar-refractivity contribution in [3.8, 4) is 0 Å². The molecule has 1 fully saturated rings. The van der Waals surface area contributed by atoms with E-state index in [0.717, 1.165) is 19.4 Å². The van der Waals surface area contributed by atoms with Crippen LogP contribution in [0.15, 0.2) is 23.6 Å². The van der Waals surface area contributed by atoms with Gasteiger partial charge < -0.3 is 5.32 Å². The molecule has 0 aromatic carbocycles. The highest BCUT2D eigenvalue weighted by atomic mass is 35.5. The van der Waals surface area contributed by atoms with Crippen LogP contribution in [0.2, 0.25) is 0 Å². The van der Waals surface area contributed by atoms with Crippen molar-refractivity contribution in [3.05, 3.63) is 18.5 Å². The molecule has 0 aliphatic carbocycles. The highest BCUT2D eigenvalue weighted by Crippen LogP contribution is 2.11. The Hall–Kier alpha value is -0.720. The second-order valence-electron chi connectivity index (χ2n) is 3.61. The molecule has 90 valence electrons. The molecule has 1 aromatic heterocycles. The smallest absolute Gasteiger partial charge is 0.247 e. The summed E-state index contributed by atoms with van der Waals surface area (Å²) in [6.07, 6.45) is 4.84. The fourth-order valence-corrected chi connectivity index (χ4v) is 3.09. The summed E-state index contributed by atoms with van der Waals surface area (Å²) < 4.78 is 23.6. The maximum Gasteiger partial charge on any atom is 0.247 e. The standard InChI is InChI=1S/C9H13N3O2S.ClH/c13-15(14,7-8-3-1-4-10-8)9-11-5-2-6-12-9;/h2,5-6,8,10H,1,3-4,7H2;1H. The molecular formula is C9H14ClN3O2S. The van der Waals surface area contributed by atoms with Crippen LogP contribution in [0.3, 0.4) is 0 Å². The van der Waals surface area contributed by atoms with Crippen molar-refractivity contribution in [2.45, 2.75) is 24.0 Å². The van der Waals surface area contributed by atoms with E-state index in [4.69, 9.17) is 0 Å². The van der Waals surface area contributed by atoms with Crippen LogP contribution in [0.5, 0.6) is 0 Å². The average Bonchev–Trinajstić information content (AvgIpc) is 2.71. The number of nitrogens with one attached hydrogen (secondary N) is 1. The van der Waals surface area contributed by atoms with Crippen LogP contribution < -0.4 is 5.32 Å². The zero-order valence-corrected chi connectivity index (χ0v) is 10.3. The van der Waals surface area contributed by atoms with Gasteiger partial charge in [-0.25, -0.2) is 18.4 Å². The van der Waals surface area contributed by atoms with E-state index in [2.05, 4.69) is 15.3 Å². The Labute approximate surface area is 101 Å². The summed E-state index contributed by atoms with van der Waals surface area (Å²) in [7, 11) is -3.33. The molecule has 1 atom stereocenters. The minimum absolute atomic E-state index is 0. The third-order valence-electron chi connectivity index (χ3n) is 2.40. The van der Waals surface area contributed by atoms with E-state index in [9.17, 15) is 8.42 Å². The molecule has 0 saturated carbocycles. The Bertz CT molecular complexity index is 418. The van der Waals surface area contributed by atoms with Gasteiger partial charge in [-0.15, -0.1) is 12.4 Å². The first-order valence-corrected chi connectivity index (χ1v) is 6.57. The van der Waals surface area contributed by atoms with Crippen molar-refractivity contribution in [2.75, 3.05) is 12.3 Å². The van der Waals surface area contributed by atoms with Crippen LogP contribution in [0.1, 0.15) is 12.8 Å². The monoisotopic (exact) mass is 263 g/mol. The molecule has 1 aromatic rings. The second-order valence-corrected chi connectivity index (χ2v) is 5.53. The zero-order valence-electron chi connectivity index (χ0n) is 8.67. The summed E-state index contributed by atoms with van der Waals surface area (Å²) in [5, 5.41) is 3.08. The Morgan fingerprint density at radius 3 is 2.62 bits per heavy atom. The van der Waals surface area contributed by atoms with Gasteiger partial charge in [-0.3, -0.25) is 0 Å². The lowest BCUT2D eigenvalue weighted by molar-refractivity contribution is 0.568. The van der Waals surface area contributed by atoms with Crippen LogP contribution in [0, 0.1) is 0 Å². The van der Waals surface area contributed by atoms with E-state index in [1.165, 1.54) is 12.4 Å². The lowest BCUT2D eigenvalue weighted by Gasteiger charge is -2.09. The molecule has 1 N–H and O–H groups in total. The lowest BCUT2D eigenvalue weighted by Crippen LogP contribution is -2.30. The molecule has 0 bridgehead atoms. The predicted octanol–water partition coefficient (Wildman–Crippen LogP) is 0.424. The van der Waals surface area contributed by atoms with Gasteiger partial charge >= 0.3 is 0 Å². The van der Waals surface area contributed by atoms with Crippen molar-refractivity contribution >= 4 is 22.2 Å². The first kappa shape index (κ1) is 13.3. The van der Waals surface area contributed by atoms with Gasteiger partial charge in [0.05, 0.1) is 5.75 Å². The zero-order chi connectivity index (χ0) is 10.7. The largest absolute Gasteiger partial charge is 0.313 e. The van der Waals surface area contributed by atoms with E-state index in [1.54, 1.807) is 6.07 Å². The highest BCUT2D eigenvalue weighted by Gasteiger charge is 2.25. The van der Waals surface area contributed by atoms with E-state index in [1.807, 2.05) is 0 Å². The normalized spacial score (nSPS) is 20.4. The Morgan fingerprint density at radius 1 is 1.38 bits per heavy atom. The molecule has 16 heavy (non-hydrogen) atoms. The number of hydrogen-bond donors (Lipinski definition) is 1. The number of hydrogen-bond acceptors (Lipinski definition) is 5. The van der Waals surface area contributed by atoms with Gasteiger partial charge in [-0.1, -0.05) is 0 Å². The number of nitrogens with zero attached hydrogens (tertiary/aromatic N) is 2. The van der Waals surface area contributed by atoms with Gasteiger partial charge in [0.1, 0.15) is 0 Å². The molecular weight excluding hydrogens is 250 g/mol. The molecule has 2 heterocycles. The molecule has 1 unspecified atom stereocenters. The predicted molar refractivity (Wildman–Crippen MR) is 62.4 cm³/mol. The maximum atomic E-state index is 11.8. The van der Waals surface area contributed by atoms with Gasteiger partial charge in [0.25, 0.3) is 0 Å². The molecule has 7 heteroatoms. The minimum Gasteiger partial charge on any atom is -0.313 e. The van der Waals surface area contributed by atoms with Crippen LogP contribution >= 0.6 is 12.4 Å². The Morgan fingerprint density at radius 2 is 2.06 bits per heavy atom. The molecule has 1 aliphatic rings. The highest BCUT2D eigenvalue weighted by molar-refractivity contribution is 7.91. The van der Waals surface area contributed by atoms with Crippen LogP contribution in [0.25, 0.3) is 0 Å². The number of aromatic nitrogens is 2. The van der Waals surface area contributed by atoms with E-state index < -0.39 is 9.84 Å².